The second-order valence-corrected chi connectivity index (χ2v) is 7.04. The van der Waals surface area contributed by atoms with Gasteiger partial charge in [-0.2, -0.15) is 0 Å². The van der Waals surface area contributed by atoms with E-state index in [1.807, 2.05) is 0 Å². The van der Waals surface area contributed by atoms with Gasteiger partial charge in [0.25, 0.3) is 0 Å². The maximum atomic E-state index is 10.6. The van der Waals surface area contributed by atoms with Gasteiger partial charge in [0.05, 0.1) is 7.11 Å². The lowest BCUT2D eigenvalue weighted by Crippen LogP contribution is -2.06. The van der Waals surface area contributed by atoms with Crippen molar-refractivity contribution in [3.8, 4) is 17.2 Å². The van der Waals surface area contributed by atoms with Gasteiger partial charge in [-0.3, -0.25) is 0 Å². The van der Waals surface area contributed by atoms with Gasteiger partial charge in [-0.15, -0.1) is 0 Å². The molecule has 0 saturated carbocycles. The summed E-state index contributed by atoms with van der Waals surface area (Å²) in [6.07, 6.45) is 13.0. The van der Waals surface area contributed by atoms with Gasteiger partial charge in [0.2, 0.25) is 5.75 Å². The summed E-state index contributed by atoms with van der Waals surface area (Å²) >= 11 is 0. The molecule has 25 heavy (non-hydrogen) atoms. The SMILES string of the molecule is CCCCCc1c(O)c(O)c(OC)c(CCCCC)c1CCCCC. The summed E-state index contributed by atoms with van der Waals surface area (Å²) in [5.41, 5.74) is 3.30. The highest BCUT2D eigenvalue weighted by Gasteiger charge is 2.23. The standard InChI is InChI=1S/C22H38O3/c1-5-8-11-14-17-18(15-12-9-6-2)20(23)21(24)22(25-4)19(17)16-13-10-7-3/h23-24H,5-16H2,1-4H3. The molecule has 0 spiro atoms. The molecule has 1 aromatic carbocycles. The molecule has 144 valence electrons. The second kappa shape index (κ2) is 12.1. The zero-order valence-electron chi connectivity index (χ0n) is 16.8. The van der Waals surface area contributed by atoms with Gasteiger partial charge in [-0.05, 0) is 44.1 Å². The molecule has 0 radical (unpaired) electrons. The lowest BCUT2D eigenvalue weighted by Gasteiger charge is -2.21. The smallest absolute Gasteiger partial charge is 0.201 e. The third kappa shape index (κ3) is 6.13. The number of hydrogen-bond donors (Lipinski definition) is 2. The summed E-state index contributed by atoms with van der Waals surface area (Å²) in [5.74, 6) is 0.456. The first kappa shape index (κ1) is 21.7. The van der Waals surface area contributed by atoms with Crippen LogP contribution in [0.3, 0.4) is 0 Å². The van der Waals surface area contributed by atoms with E-state index in [1.165, 1.54) is 31.2 Å². The van der Waals surface area contributed by atoms with Gasteiger partial charge in [0.15, 0.2) is 11.5 Å². The van der Waals surface area contributed by atoms with E-state index >= 15 is 0 Å². The highest BCUT2D eigenvalue weighted by molar-refractivity contribution is 5.62. The van der Waals surface area contributed by atoms with Crippen molar-refractivity contribution in [3.63, 3.8) is 0 Å². The Morgan fingerprint density at radius 1 is 0.600 bits per heavy atom. The average Bonchev–Trinajstić information content (AvgIpc) is 2.61. The highest BCUT2D eigenvalue weighted by Crippen LogP contribution is 2.45. The number of unbranched alkanes of at least 4 members (excludes halogenated alkanes) is 6. The first-order chi connectivity index (χ1) is 12.1. The fourth-order valence-corrected chi connectivity index (χ4v) is 3.57. The highest BCUT2D eigenvalue weighted by atomic mass is 16.5. The summed E-state index contributed by atoms with van der Waals surface area (Å²) in [5, 5.41) is 21.1. The summed E-state index contributed by atoms with van der Waals surface area (Å²) in [4.78, 5) is 0. The first-order valence-corrected chi connectivity index (χ1v) is 10.2. The van der Waals surface area contributed by atoms with Crippen LogP contribution >= 0.6 is 0 Å². The average molecular weight is 351 g/mol. The van der Waals surface area contributed by atoms with E-state index < -0.39 is 0 Å². The minimum absolute atomic E-state index is 0.0405. The van der Waals surface area contributed by atoms with Crippen molar-refractivity contribution < 1.29 is 14.9 Å². The number of aromatic hydroxyl groups is 2. The van der Waals surface area contributed by atoms with Crippen LogP contribution in [0.15, 0.2) is 0 Å². The Labute approximate surface area is 154 Å². The van der Waals surface area contributed by atoms with Crippen molar-refractivity contribution in [2.45, 2.75) is 97.8 Å². The van der Waals surface area contributed by atoms with Crippen LogP contribution in [0.2, 0.25) is 0 Å². The topological polar surface area (TPSA) is 49.7 Å². The molecule has 1 aromatic rings. The van der Waals surface area contributed by atoms with E-state index in [2.05, 4.69) is 20.8 Å². The number of ether oxygens (including phenoxy) is 1. The quantitative estimate of drug-likeness (QED) is 0.324. The van der Waals surface area contributed by atoms with E-state index in [1.54, 1.807) is 7.11 Å². The van der Waals surface area contributed by atoms with Crippen molar-refractivity contribution >= 4 is 0 Å². The predicted molar refractivity (Wildman–Crippen MR) is 106 cm³/mol. The Kier molecular flexibility index (Phi) is 10.4. The molecular weight excluding hydrogens is 312 g/mol. The Hall–Kier alpha value is -1.38. The zero-order valence-corrected chi connectivity index (χ0v) is 16.8. The van der Waals surface area contributed by atoms with E-state index in [9.17, 15) is 10.2 Å². The number of rotatable bonds is 13. The molecule has 0 bridgehead atoms. The maximum Gasteiger partial charge on any atom is 0.201 e. The molecule has 0 heterocycles. The third-order valence-electron chi connectivity index (χ3n) is 5.02. The van der Waals surface area contributed by atoms with Crippen LogP contribution < -0.4 is 4.74 Å². The van der Waals surface area contributed by atoms with Crippen molar-refractivity contribution in [1.82, 2.24) is 0 Å². The predicted octanol–water partition coefficient (Wildman–Crippen LogP) is 6.30. The summed E-state index contributed by atoms with van der Waals surface area (Å²) in [7, 11) is 1.59. The van der Waals surface area contributed by atoms with Crippen LogP contribution in [0.1, 0.15) is 95.2 Å². The molecule has 0 aliphatic heterocycles. The first-order valence-electron chi connectivity index (χ1n) is 10.2. The molecule has 0 unspecified atom stereocenters. The Bertz CT molecular complexity index is 509. The molecule has 0 aromatic heterocycles. The van der Waals surface area contributed by atoms with E-state index in [4.69, 9.17) is 4.74 Å². The maximum absolute atomic E-state index is 10.6. The van der Waals surface area contributed by atoms with Crippen LogP contribution in [-0.4, -0.2) is 17.3 Å². The molecule has 0 aliphatic rings. The minimum atomic E-state index is -0.0697. The molecule has 0 fully saturated rings. The van der Waals surface area contributed by atoms with Crippen LogP contribution in [0.5, 0.6) is 17.2 Å². The van der Waals surface area contributed by atoms with Gasteiger partial charge in [0.1, 0.15) is 0 Å². The number of phenolic OH excluding ortho intramolecular Hbond substituents is 2. The zero-order chi connectivity index (χ0) is 18.7. The minimum Gasteiger partial charge on any atom is -0.504 e. The second-order valence-electron chi connectivity index (χ2n) is 7.04. The van der Waals surface area contributed by atoms with Gasteiger partial charge in [-0.1, -0.05) is 59.3 Å². The lowest BCUT2D eigenvalue weighted by atomic mass is 9.88. The van der Waals surface area contributed by atoms with E-state index in [-0.39, 0.29) is 11.5 Å². The molecule has 3 nitrogen and oxygen atoms in total. The number of benzene rings is 1. The van der Waals surface area contributed by atoms with Gasteiger partial charge >= 0.3 is 0 Å². The van der Waals surface area contributed by atoms with Gasteiger partial charge in [0, 0.05) is 11.1 Å². The molecular formula is C22H38O3. The fourth-order valence-electron chi connectivity index (χ4n) is 3.57. The Morgan fingerprint density at radius 2 is 1.04 bits per heavy atom. The lowest BCUT2D eigenvalue weighted by molar-refractivity contribution is 0.343. The number of methoxy groups -OCH3 is 1. The van der Waals surface area contributed by atoms with Gasteiger partial charge in [-0.25, -0.2) is 0 Å². The third-order valence-corrected chi connectivity index (χ3v) is 5.02. The van der Waals surface area contributed by atoms with Crippen molar-refractivity contribution in [1.29, 1.82) is 0 Å². The molecule has 0 atom stereocenters. The van der Waals surface area contributed by atoms with Crippen LogP contribution in [0.4, 0.5) is 0 Å². The van der Waals surface area contributed by atoms with Crippen LogP contribution in [0, 0.1) is 0 Å². The molecule has 0 saturated heterocycles. The van der Waals surface area contributed by atoms with Crippen molar-refractivity contribution in [2.24, 2.45) is 0 Å². The molecule has 2 N–H and O–H groups in total. The molecule has 0 aliphatic carbocycles. The van der Waals surface area contributed by atoms with Crippen molar-refractivity contribution in [3.05, 3.63) is 16.7 Å². The van der Waals surface area contributed by atoms with E-state index in [0.29, 0.717) is 5.75 Å². The monoisotopic (exact) mass is 350 g/mol. The normalized spacial score (nSPS) is 11.0. The van der Waals surface area contributed by atoms with E-state index in [0.717, 1.165) is 62.5 Å². The summed E-state index contributed by atoms with van der Waals surface area (Å²) in [6, 6.07) is 0. The number of hydrogen-bond acceptors (Lipinski definition) is 3. The van der Waals surface area contributed by atoms with Gasteiger partial charge < -0.3 is 14.9 Å². The largest absolute Gasteiger partial charge is 0.504 e. The Balaban J connectivity index is 3.28. The molecule has 0 amide bonds. The van der Waals surface area contributed by atoms with Crippen molar-refractivity contribution in [2.75, 3.05) is 7.11 Å². The molecule has 1 rings (SSSR count). The Morgan fingerprint density at radius 3 is 1.48 bits per heavy atom. The number of phenols is 2. The molecule has 3 heteroatoms. The fraction of sp³-hybridized carbons (Fsp3) is 0.727. The van der Waals surface area contributed by atoms with Crippen LogP contribution in [0.25, 0.3) is 0 Å². The summed E-state index contributed by atoms with van der Waals surface area (Å²) < 4.78 is 5.51. The summed E-state index contributed by atoms with van der Waals surface area (Å²) in [6.45, 7) is 6.59. The van der Waals surface area contributed by atoms with Crippen LogP contribution in [-0.2, 0) is 19.3 Å².